The topological polar surface area (TPSA) is 66.6 Å². The van der Waals surface area contributed by atoms with E-state index < -0.39 is 18.1 Å². The molecule has 1 amide bonds. The van der Waals surface area contributed by atoms with E-state index in [-0.39, 0.29) is 24.9 Å². The Kier molecular flexibility index (Phi) is 5.64. The summed E-state index contributed by atoms with van der Waals surface area (Å²) in [7, 11) is 0. The van der Waals surface area contributed by atoms with Gasteiger partial charge in [0.05, 0.1) is 19.2 Å². The van der Waals surface area contributed by atoms with E-state index in [0.29, 0.717) is 13.0 Å². The van der Waals surface area contributed by atoms with Crippen LogP contribution in [0.15, 0.2) is 48.5 Å². The zero-order chi connectivity index (χ0) is 18.7. The van der Waals surface area contributed by atoms with Crippen molar-refractivity contribution < 1.29 is 18.7 Å². The molecule has 2 aromatic carbocycles. The van der Waals surface area contributed by atoms with Gasteiger partial charge in [0.15, 0.2) is 0 Å². The second-order valence-corrected chi connectivity index (χ2v) is 6.61. The zero-order valence-electron chi connectivity index (χ0n) is 14.3. The smallest absolute Gasteiger partial charge is 0.240 e. The van der Waals surface area contributed by atoms with Gasteiger partial charge in [0.25, 0.3) is 0 Å². The fourth-order valence-corrected chi connectivity index (χ4v) is 3.29. The number of nitrogens with two attached hydrogens (primary N) is 1. The van der Waals surface area contributed by atoms with Crippen molar-refractivity contribution in [2.24, 2.45) is 5.73 Å². The van der Waals surface area contributed by atoms with Crippen LogP contribution in [0.3, 0.4) is 0 Å². The molecular weight excluding hydrogens is 338 g/mol. The molecule has 0 aliphatic carbocycles. The molecule has 6 heteroatoms. The fourth-order valence-electron chi connectivity index (χ4n) is 3.29. The minimum Gasteiger partial charge on any atom is -0.396 e. The lowest BCUT2D eigenvalue weighted by atomic mass is 9.90. The average Bonchev–Trinajstić information content (AvgIpc) is 3.09. The molecule has 0 saturated carbocycles. The minimum absolute atomic E-state index is 0.0637. The first-order valence-corrected chi connectivity index (χ1v) is 8.65. The Morgan fingerprint density at radius 2 is 1.73 bits per heavy atom. The highest BCUT2D eigenvalue weighted by Gasteiger charge is 2.33. The van der Waals surface area contributed by atoms with Gasteiger partial charge in [-0.1, -0.05) is 36.4 Å². The number of halogens is 2. The Bertz CT molecular complexity index is 749. The molecule has 0 bridgehead atoms. The van der Waals surface area contributed by atoms with Crippen molar-refractivity contribution in [3.8, 4) is 11.1 Å². The lowest BCUT2D eigenvalue weighted by Gasteiger charge is -2.26. The molecule has 1 aliphatic heterocycles. The van der Waals surface area contributed by atoms with Crippen LogP contribution >= 0.6 is 0 Å². The van der Waals surface area contributed by atoms with Gasteiger partial charge in [0, 0.05) is 12.5 Å². The van der Waals surface area contributed by atoms with Crippen LogP contribution in [0.2, 0.25) is 0 Å². The molecule has 0 unspecified atom stereocenters. The average molecular weight is 360 g/mol. The summed E-state index contributed by atoms with van der Waals surface area (Å²) in [6, 6.07) is 12.5. The zero-order valence-corrected chi connectivity index (χ0v) is 14.3. The number of alkyl halides is 1. The Labute approximate surface area is 151 Å². The molecule has 1 fully saturated rings. The highest BCUT2D eigenvalue weighted by molar-refractivity contribution is 5.83. The maximum absolute atomic E-state index is 13.3. The van der Waals surface area contributed by atoms with Gasteiger partial charge < -0.3 is 15.7 Å². The predicted octanol–water partition coefficient (Wildman–Crippen LogP) is 2.47. The van der Waals surface area contributed by atoms with E-state index in [1.807, 2.05) is 12.1 Å². The molecule has 0 spiro atoms. The number of hydrogen-bond donors (Lipinski definition) is 2. The molecule has 26 heavy (non-hydrogen) atoms. The first kappa shape index (κ1) is 18.5. The van der Waals surface area contributed by atoms with Crippen molar-refractivity contribution in [1.29, 1.82) is 0 Å². The van der Waals surface area contributed by atoms with Crippen LogP contribution in [-0.2, 0) is 4.79 Å². The molecule has 0 radical (unpaired) electrons. The van der Waals surface area contributed by atoms with Gasteiger partial charge in [-0.05, 0) is 35.2 Å². The maximum Gasteiger partial charge on any atom is 0.240 e. The third-order valence-corrected chi connectivity index (χ3v) is 4.87. The van der Waals surface area contributed by atoms with Gasteiger partial charge in [-0.25, -0.2) is 8.78 Å². The summed E-state index contributed by atoms with van der Waals surface area (Å²) in [4.78, 5) is 13.9. The van der Waals surface area contributed by atoms with Crippen LogP contribution in [0, 0.1) is 5.82 Å². The number of aliphatic hydroxyl groups is 1. The highest BCUT2D eigenvalue weighted by atomic mass is 19.1. The van der Waals surface area contributed by atoms with Gasteiger partial charge in [0.2, 0.25) is 5.91 Å². The predicted molar refractivity (Wildman–Crippen MR) is 95.7 cm³/mol. The third kappa shape index (κ3) is 3.92. The third-order valence-electron chi connectivity index (χ3n) is 4.87. The van der Waals surface area contributed by atoms with Crippen molar-refractivity contribution in [3.05, 3.63) is 59.9 Å². The summed E-state index contributed by atoms with van der Waals surface area (Å²) in [5, 5.41) is 9.74. The Balaban J connectivity index is 1.75. The number of likely N-dealkylation sites (tertiary alicyclic amines) is 1. The van der Waals surface area contributed by atoms with Crippen LogP contribution < -0.4 is 5.73 Å². The number of aliphatic hydroxyl groups excluding tert-OH is 1. The number of rotatable bonds is 5. The molecule has 1 heterocycles. The molecule has 1 aliphatic rings. The van der Waals surface area contributed by atoms with Crippen LogP contribution in [0.4, 0.5) is 8.78 Å². The van der Waals surface area contributed by atoms with Crippen LogP contribution in [-0.4, -0.2) is 47.8 Å². The number of nitrogens with zero attached hydrogens (tertiary/aromatic N) is 1. The number of benzene rings is 2. The van der Waals surface area contributed by atoms with E-state index in [9.17, 15) is 18.7 Å². The minimum atomic E-state index is -1.01. The van der Waals surface area contributed by atoms with Gasteiger partial charge >= 0.3 is 0 Å². The molecule has 3 rings (SSSR count). The maximum atomic E-state index is 13.3. The van der Waals surface area contributed by atoms with Crippen molar-refractivity contribution in [2.75, 3.05) is 19.7 Å². The molecule has 2 aromatic rings. The summed E-state index contributed by atoms with van der Waals surface area (Å²) in [5.41, 5.74) is 8.57. The SMILES string of the molecule is N[C@H](C(=O)N1CC[C@H](F)C1)[C@@H](CO)c1ccc(-c2ccc(F)cc2)cc1. The second kappa shape index (κ2) is 7.93. The fraction of sp³-hybridized carbons (Fsp3) is 0.350. The quantitative estimate of drug-likeness (QED) is 0.861. The summed E-state index contributed by atoms with van der Waals surface area (Å²) in [6.45, 7) is 0.138. The van der Waals surface area contributed by atoms with E-state index in [0.717, 1.165) is 16.7 Å². The first-order valence-electron chi connectivity index (χ1n) is 8.65. The van der Waals surface area contributed by atoms with E-state index >= 15 is 0 Å². The van der Waals surface area contributed by atoms with E-state index in [1.54, 1.807) is 24.3 Å². The lowest BCUT2D eigenvalue weighted by molar-refractivity contribution is -0.132. The van der Waals surface area contributed by atoms with E-state index in [4.69, 9.17) is 5.73 Å². The molecule has 4 nitrogen and oxygen atoms in total. The van der Waals surface area contributed by atoms with Crippen molar-refractivity contribution >= 4 is 5.91 Å². The number of carbonyl (C=O) groups excluding carboxylic acids is 1. The summed E-state index contributed by atoms with van der Waals surface area (Å²) in [6.07, 6.45) is -0.678. The highest BCUT2D eigenvalue weighted by Crippen LogP contribution is 2.26. The molecule has 0 aromatic heterocycles. The molecule has 138 valence electrons. The van der Waals surface area contributed by atoms with Crippen LogP contribution in [0.5, 0.6) is 0 Å². The molecule has 3 N–H and O–H groups in total. The number of carbonyl (C=O) groups is 1. The van der Waals surface area contributed by atoms with E-state index in [1.165, 1.54) is 17.0 Å². The van der Waals surface area contributed by atoms with Crippen molar-refractivity contribution in [3.63, 3.8) is 0 Å². The Morgan fingerprint density at radius 1 is 1.15 bits per heavy atom. The van der Waals surface area contributed by atoms with Crippen molar-refractivity contribution in [2.45, 2.75) is 24.6 Å². The molecular formula is C20H22F2N2O2. The summed E-state index contributed by atoms with van der Waals surface area (Å²) in [5.74, 6) is -1.21. The second-order valence-electron chi connectivity index (χ2n) is 6.61. The van der Waals surface area contributed by atoms with Crippen LogP contribution in [0.25, 0.3) is 11.1 Å². The number of amides is 1. The Morgan fingerprint density at radius 3 is 2.23 bits per heavy atom. The van der Waals surface area contributed by atoms with E-state index in [2.05, 4.69) is 0 Å². The Hall–Kier alpha value is -2.31. The number of hydrogen-bond acceptors (Lipinski definition) is 3. The largest absolute Gasteiger partial charge is 0.396 e. The van der Waals surface area contributed by atoms with Gasteiger partial charge in [-0.15, -0.1) is 0 Å². The molecule has 1 saturated heterocycles. The summed E-state index contributed by atoms with van der Waals surface area (Å²) >= 11 is 0. The standard InChI is InChI=1S/C20H22F2N2O2/c21-16-7-5-14(6-8-16)13-1-3-15(4-2-13)18(12-25)19(23)20(26)24-10-9-17(22)11-24/h1-8,17-19,25H,9-12,23H2/t17-,18-,19-/m0/s1. The van der Waals surface area contributed by atoms with Crippen molar-refractivity contribution in [1.82, 2.24) is 4.90 Å². The lowest BCUT2D eigenvalue weighted by Crippen LogP contribution is -2.47. The van der Waals surface area contributed by atoms with Gasteiger partial charge in [-0.2, -0.15) is 0 Å². The van der Waals surface area contributed by atoms with Gasteiger partial charge in [0.1, 0.15) is 12.0 Å². The summed E-state index contributed by atoms with van der Waals surface area (Å²) < 4.78 is 26.4. The van der Waals surface area contributed by atoms with Crippen LogP contribution in [0.1, 0.15) is 17.9 Å². The molecule has 3 atom stereocenters. The first-order chi connectivity index (χ1) is 12.5. The monoisotopic (exact) mass is 360 g/mol. The van der Waals surface area contributed by atoms with Gasteiger partial charge in [-0.3, -0.25) is 4.79 Å². The normalized spacial score (nSPS) is 19.4.